The number of anilines is 1. The fourth-order valence-corrected chi connectivity index (χ4v) is 5.86. The molecule has 45 heavy (non-hydrogen) atoms. The molecule has 0 unspecified atom stereocenters. The normalized spacial score (nSPS) is 13.8. The summed E-state index contributed by atoms with van der Waals surface area (Å²) in [6.45, 7) is -0.323. The van der Waals surface area contributed by atoms with E-state index in [-0.39, 0.29) is 30.1 Å². The van der Waals surface area contributed by atoms with Crippen molar-refractivity contribution in [2.45, 2.75) is 44.3 Å². The summed E-state index contributed by atoms with van der Waals surface area (Å²) >= 11 is 0. The average Bonchev–Trinajstić information content (AvgIpc) is 3.76. The molecule has 4 aromatic carbocycles. The lowest BCUT2D eigenvalue weighted by Gasteiger charge is -2.33. The Morgan fingerprint density at radius 3 is 2.49 bits per heavy atom. The van der Waals surface area contributed by atoms with Crippen LogP contribution in [0.2, 0.25) is 0 Å². The second-order valence-electron chi connectivity index (χ2n) is 10.9. The monoisotopic (exact) mass is 608 g/mol. The number of nitrogens with zero attached hydrogens (tertiary/aromatic N) is 5. The molecule has 11 heteroatoms. The van der Waals surface area contributed by atoms with Gasteiger partial charge in [-0.2, -0.15) is 4.80 Å². The van der Waals surface area contributed by atoms with Crippen LogP contribution in [-0.4, -0.2) is 52.3 Å². The van der Waals surface area contributed by atoms with Crippen molar-refractivity contribution in [2.75, 3.05) is 19.1 Å². The first-order valence-corrected chi connectivity index (χ1v) is 14.8. The van der Waals surface area contributed by atoms with Crippen molar-refractivity contribution in [3.05, 3.63) is 96.3 Å². The summed E-state index contributed by atoms with van der Waals surface area (Å²) in [5.41, 5.74) is 1.55. The van der Waals surface area contributed by atoms with Crippen LogP contribution in [0.15, 0.2) is 84.9 Å². The van der Waals surface area contributed by atoms with Gasteiger partial charge in [0.25, 0.3) is 5.91 Å². The third-order valence-electron chi connectivity index (χ3n) is 8.07. The van der Waals surface area contributed by atoms with Gasteiger partial charge in [0, 0.05) is 22.6 Å². The van der Waals surface area contributed by atoms with E-state index in [4.69, 9.17) is 9.47 Å². The molecule has 1 atom stereocenters. The fourth-order valence-electron chi connectivity index (χ4n) is 5.86. The highest BCUT2D eigenvalue weighted by Gasteiger charge is 2.37. The summed E-state index contributed by atoms with van der Waals surface area (Å²) in [5.74, 6) is 0.000129. The standard InChI is InChI=1S/C34H33FN6O4/c1-44-26-18-19-30(45-2)28(20-26)32(34(43)36-25-10-4-5-11-25)41(29-13-7-9-22-8-3-6-12-27(22)29)31(42)21-40-38-33(37-39-40)23-14-16-24(35)17-15-23/h3,6-9,12-20,25,32H,4-5,10-11,21H2,1-2H3,(H,36,43)/t32-/m0/s1. The van der Waals surface area contributed by atoms with Gasteiger partial charge >= 0.3 is 0 Å². The minimum Gasteiger partial charge on any atom is -0.497 e. The molecule has 5 aromatic rings. The molecule has 1 heterocycles. The molecule has 1 fully saturated rings. The van der Waals surface area contributed by atoms with Gasteiger partial charge in [-0.05, 0) is 72.0 Å². The van der Waals surface area contributed by atoms with Crippen LogP contribution in [0.5, 0.6) is 11.5 Å². The van der Waals surface area contributed by atoms with Crippen LogP contribution in [0.4, 0.5) is 10.1 Å². The number of carbonyl (C=O) groups is 2. The number of carbonyl (C=O) groups excluding carboxylic acids is 2. The Kier molecular flexibility index (Phi) is 8.68. The zero-order valence-corrected chi connectivity index (χ0v) is 25.0. The summed E-state index contributed by atoms with van der Waals surface area (Å²) in [4.78, 5) is 31.6. The molecular weight excluding hydrogens is 575 g/mol. The molecule has 0 bridgehead atoms. The number of halogens is 1. The highest BCUT2D eigenvalue weighted by molar-refractivity contribution is 6.08. The largest absolute Gasteiger partial charge is 0.497 e. The summed E-state index contributed by atoms with van der Waals surface area (Å²) in [7, 11) is 3.07. The van der Waals surface area contributed by atoms with Gasteiger partial charge in [-0.1, -0.05) is 49.2 Å². The van der Waals surface area contributed by atoms with Crippen molar-refractivity contribution in [1.29, 1.82) is 0 Å². The quantitative estimate of drug-likeness (QED) is 0.223. The average molecular weight is 609 g/mol. The first-order chi connectivity index (χ1) is 21.9. The molecule has 0 aliphatic heterocycles. The van der Waals surface area contributed by atoms with Crippen molar-refractivity contribution >= 4 is 28.3 Å². The first-order valence-electron chi connectivity index (χ1n) is 14.8. The number of aromatic nitrogens is 4. The Morgan fingerprint density at radius 1 is 0.978 bits per heavy atom. The Labute approximate surface area is 259 Å². The Hall–Kier alpha value is -5.32. The fraction of sp³-hybridized carbons (Fsp3) is 0.265. The topological polar surface area (TPSA) is 111 Å². The van der Waals surface area contributed by atoms with Gasteiger partial charge in [0.05, 0.1) is 19.9 Å². The van der Waals surface area contributed by atoms with Gasteiger partial charge in [-0.15, -0.1) is 10.2 Å². The van der Waals surface area contributed by atoms with Gasteiger partial charge in [0.2, 0.25) is 11.7 Å². The summed E-state index contributed by atoms with van der Waals surface area (Å²) < 4.78 is 24.8. The zero-order chi connectivity index (χ0) is 31.3. The Morgan fingerprint density at radius 2 is 1.73 bits per heavy atom. The van der Waals surface area contributed by atoms with Gasteiger partial charge in [0.1, 0.15) is 29.9 Å². The molecule has 10 nitrogen and oxygen atoms in total. The predicted molar refractivity (Wildman–Crippen MR) is 167 cm³/mol. The van der Waals surface area contributed by atoms with E-state index in [0.29, 0.717) is 28.3 Å². The number of fused-ring (bicyclic) bond motifs is 1. The molecule has 6 rings (SSSR count). The molecule has 0 radical (unpaired) electrons. The maximum atomic E-state index is 14.6. The number of hydrogen-bond donors (Lipinski definition) is 1. The van der Waals surface area contributed by atoms with Crippen LogP contribution in [-0.2, 0) is 16.1 Å². The summed E-state index contributed by atoms with van der Waals surface area (Å²) in [6, 6.07) is 23.1. The number of benzene rings is 4. The number of nitrogens with one attached hydrogen (secondary N) is 1. The number of tetrazole rings is 1. The number of amides is 2. The highest BCUT2D eigenvalue weighted by Crippen LogP contribution is 2.39. The Bertz CT molecular complexity index is 1810. The summed E-state index contributed by atoms with van der Waals surface area (Å²) in [5, 5.41) is 17.5. The minimum atomic E-state index is -1.13. The predicted octanol–water partition coefficient (Wildman–Crippen LogP) is 5.48. The Balaban J connectivity index is 1.48. The molecule has 1 N–H and O–H groups in total. The van der Waals surface area contributed by atoms with Crippen LogP contribution in [0, 0.1) is 5.82 Å². The van der Waals surface area contributed by atoms with E-state index >= 15 is 0 Å². The molecule has 1 saturated carbocycles. The number of rotatable bonds is 10. The van der Waals surface area contributed by atoms with Gasteiger partial charge in [0.15, 0.2) is 0 Å². The molecular formula is C34H33FN6O4. The van der Waals surface area contributed by atoms with Crippen molar-refractivity contribution in [3.63, 3.8) is 0 Å². The molecule has 1 aliphatic rings. The van der Waals surface area contributed by atoms with E-state index in [0.717, 1.165) is 36.5 Å². The van der Waals surface area contributed by atoms with E-state index in [1.165, 1.54) is 28.9 Å². The second kappa shape index (κ2) is 13.1. The lowest BCUT2D eigenvalue weighted by atomic mass is 9.99. The maximum Gasteiger partial charge on any atom is 0.251 e. The zero-order valence-electron chi connectivity index (χ0n) is 25.0. The number of ether oxygens (including phenoxy) is 2. The van der Waals surface area contributed by atoms with E-state index in [1.54, 1.807) is 37.4 Å². The van der Waals surface area contributed by atoms with Crippen LogP contribution < -0.4 is 19.7 Å². The molecule has 2 amide bonds. The lowest BCUT2D eigenvalue weighted by molar-refractivity contribution is -0.127. The molecule has 1 aliphatic carbocycles. The van der Waals surface area contributed by atoms with E-state index in [2.05, 4.69) is 20.7 Å². The minimum absolute atomic E-state index is 0.00341. The number of methoxy groups -OCH3 is 2. The van der Waals surface area contributed by atoms with Gasteiger partial charge in [-0.25, -0.2) is 4.39 Å². The maximum absolute atomic E-state index is 14.6. The highest BCUT2D eigenvalue weighted by atomic mass is 19.1. The first kappa shape index (κ1) is 29.7. The van der Waals surface area contributed by atoms with Crippen LogP contribution in [0.3, 0.4) is 0 Å². The molecule has 0 saturated heterocycles. The van der Waals surface area contributed by atoms with Crippen molar-refractivity contribution in [3.8, 4) is 22.9 Å². The third kappa shape index (κ3) is 6.33. The van der Waals surface area contributed by atoms with Gasteiger partial charge in [-0.3, -0.25) is 14.5 Å². The molecule has 1 aromatic heterocycles. The summed E-state index contributed by atoms with van der Waals surface area (Å²) in [6.07, 6.45) is 3.78. The van der Waals surface area contributed by atoms with Crippen molar-refractivity contribution < 1.29 is 23.5 Å². The van der Waals surface area contributed by atoms with Gasteiger partial charge < -0.3 is 14.8 Å². The molecule has 0 spiro atoms. The van der Waals surface area contributed by atoms with Crippen LogP contribution >= 0.6 is 0 Å². The van der Waals surface area contributed by atoms with Crippen LogP contribution in [0.25, 0.3) is 22.2 Å². The van der Waals surface area contributed by atoms with E-state index in [9.17, 15) is 14.0 Å². The van der Waals surface area contributed by atoms with Crippen molar-refractivity contribution in [2.24, 2.45) is 0 Å². The SMILES string of the molecule is COc1ccc(OC)c([C@@H](C(=O)NC2CCCC2)N(C(=O)Cn2nnc(-c3ccc(F)cc3)n2)c2cccc3ccccc23)c1. The third-order valence-corrected chi connectivity index (χ3v) is 8.07. The van der Waals surface area contributed by atoms with E-state index in [1.807, 2.05) is 42.5 Å². The lowest BCUT2D eigenvalue weighted by Crippen LogP contribution is -2.47. The number of hydrogen-bond acceptors (Lipinski definition) is 7. The van der Waals surface area contributed by atoms with Crippen LogP contribution in [0.1, 0.15) is 37.3 Å². The van der Waals surface area contributed by atoms with E-state index < -0.39 is 11.9 Å². The molecule has 230 valence electrons. The second-order valence-corrected chi connectivity index (χ2v) is 10.9. The van der Waals surface area contributed by atoms with Crippen molar-refractivity contribution in [1.82, 2.24) is 25.5 Å². The smallest absolute Gasteiger partial charge is 0.251 e.